The van der Waals surface area contributed by atoms with Gasteiger partial charge in [-0.3, -0.25) is 14.6 Å². The monoisotopic (exact) mass is 560 g/mol. The van der Waals surface area contributed by atoms with E-state index in [-0.39, 0.29) is 36.0 Å². The molecule has 41 heavy (non-hydrogen) atoms. The molecule has 0 bridgehead atoms. The molecule has 0 unspecified atom stereocenters. The maximum absolute atomic E-state index is 15.2. The van der Waals surface area contributed by atoms with Gasteiger partial charge in [0, 0.05) is 30.5 Å². The van der Waals surface area contributed by atoms with Crippen LogP contribution in [0, 0.1) is 17.0 Å². The Morgan fingerprint density at radius 1 is 0.878 bits per heavy atom. The van der Waals surface area contributed by atoms with E-state index in [1.807, 2.05) is 0 Å². The number of rotatable bonds is 13. The molecule has 7 nitrogen and oxygen atoms in total. The maximum Gasteiger partial charge on any atom is 0.166 e. The first-order chi connectivity index (χ1) is 19.8. The second-order valence-corrected chi connectivity index (χ2v) is 10.1. The molecular formula is C32H30F2N2O5. The number of nitrogens with two attached hydrogens (primary N) is 1. The zero-order chi connectivity index (χ0) is 29.0. The third kappa shape index (κ3) is 6.20. The van der Waals surface area contributed by atoms with Gasteiger partial charge >= 0.3 is 0 Å². The van der Waals surface area contributed by atoms with E-state index < -0.39 is 11.2 Å². The van der Waals surface area contributed by atoms with E-state index in [2.05, 4.69) is 4.98 Å². The highest BCUT2D eigenvalue weighted by Crippen LogP contribution is 2.49. The number of benzene rings is 3. The van der Waals surface area contributed by atoms with Crippen molar-refractivity contribution in [2.45, 2.75) is 32.1 Å². The largest absolute Gasteiger partial charge is 0.493 e. The maximum atomic E-state index is 15.2. The van der Waals surface area contributed by atoms with Crippen LogP contribution in [0.1, 0.15) is 30.4 Å². The predicted octanol–water partition coefficient (Wildman–Crippen LogP) is 5.75. The minimum atomic E-state index is -1.05. The molecule has 0 radical (unpaired) electrons. The summed E-state index contributed by atoms with van der Waals surface area (Å²) < 4.78 is 45.5. The first kappa shape index (κ1) is 28.2. The van der Waals surface area contributed by atoms with Gasteiger partial charge in [0.15, 0.2) is 34.6 Å². The Labute approximate surface area is 236 Å². The van der Waals surface area contributed by atoms with Gasteiger partial charge in [-0.2, -0.15) is 0 Å². The van der Waals surface area contributed by atoms with Crippen molar-refractivity contribution in [1.82, 2.24) is 4.98 Å². The van der Waals surface area contributed by atoms with Gasteiger partial charge in [-0.05, 0) is 73.3 Å². The minimum absolute atomic E-state index is 0.0236. The molecule has 0 aliphatic heterocycles. The number of pyridine rings is 1. The Morgan fingerprint density at radius 3 is 2.24 bits per heavy atom. The van der Waals surface area contributed by atoms with Gasteiger partial charge in [0.05, 0.1) is 24.6 Å². The van der Waals surface area contributed by atoms with E-state index in [1.165, 1.54) is 31.4 Å². The molecule has 0 amide bonds. The fraction of sp³-hybridized carbons (Fsp3) is 0.281. The number of hydrogen-bond acceptors (Lipinski definition) is 7. The van der Waals surface area contributed by atoms with Crippen molar-refractivity contribution >= 4 is 22.5 Å². The Morgan fingerprint density at radius 2 is 1.59 bits per heavy atom. The first-order valence-corrected chi connectivity index (χ1v) is 13.4. The molecular weight excluding hydrogens is 530 g/mol. The highest BCUT2D eigenvalue weighted by atomic mass is 19.1. The van der Waals surface area contributed by atoms with Gasteiger partial charge in [-0.1, -0.05) is 18.2 Å². The van der Waals surface area contributed by atoms with Crippen molar-refractivity contribution in [1.29, 1.82) is 0 Å². The molecule has 1 heterocycles. The first-order valence-electron chi connectivity index (χ1n) is 13.4. The van der Waals surface area contributed by atoms with Crippen LogP contribution in [0.3, 0.4) is 0 Å². The second-order valence-electron chi connectivity index (χ2n) is 10.1. The van der Waals surface area contributed by atoms with Crippen LogP contribution in [0.15, 0.2) is 66.9 Å². The number of ether oxygens (including phenoxy) is 3. The number of ketones is 2. The van der Waals surface area contributed by atoms with E-state index in [4.69, 9.17) is 19.9 Å². The number of carbonyl (C=O) groups excluding carboxylic acids is 2. The molecule has 9 heteroatoms. The highest BCUT2D eigenvalue weighted by Gasteiger charge is 2.54. The lowest BCUT2D eigenvalue weighted by atomic mass is 9.88. The van der Waals surface area contributed by atoms with Crippen molar-refractivity contribution in [2.24, 2.45) is 11.1 Å². The van der Waals surface area contributed by atoms with Crippen LogP contribution in [-0.4, -0.2) is 36.8 Å². The van der Waals surface area contributed by atoms with Crippen molar-refractivity contribution < 1.29 is 32.6 Å². The SMILES string of the molecule is COc1cc2c(Oc3ccc(CC(=O)C4(C(=O)Cc5ccc(F)cc5)CC4)cc3F)ccnc2cc1OCCCN. The molecule has 212 valence electrons. The Bertz CT molecular complexity index is 1590. The number of fused-ring (bicyclic) bond motifs is 1. The average Bonchev–Trinajstić information content (AvgIpc) is 3.78. The summed E-state index contributed by atoms with van der Waals surface area (Å²) in [6.45, 7) is 0.930. The zero-order valence-corrected chi connectivity index (χ0v) is 22.6. The number of hydrogen-bond donors (Lipinski definition) is 1. The number of aromatic nitrogens is 1. The molecule has 1 aromatic heterocycles. The third-order valence-corrected chi connectivity index (χ3v) is 7.27. The van der Waals surface area contributed by atoms with Crippen LogP contribution in [0.2, 0.25) is 0 Å². The van der Waals surface area contributed by atoms with Gasteiger partial charge in [0.1, 0.15) is 11.6 Å². The molecule has 1 aliphatic rings. The van der Waals surface area contributed by atoms with Crippen LogP contribution >= 0.6 is 0 Å². The molecule has 1 saturated carbocycles. The van der Waals surface area contributed by atoms with Gasteiger partial charge < -0.3 is 19.9 Å². The molecule has 0 atom stereocenters. The van der Waals surface area contributed by atoms with Crippen molar-refractivity contribution in [2.75, 3.05) is 20.3 Å². The summed E-state index contributed by atoms with van der Waals surface area (Å²) in [5.74, 6) is -0.124. The van der Waals surface area contributed by atoms with Crippen LogP contribution in [0.25, 0.3) is 10.9 Å². The Balaban J connectivity index is 1.29. The summed E-state index contributed by atoms with van der Waals surface area (Å²) in [7, 11) is 1.52. The standard InChI is InChI=1S/C32H30F2N2O5/c1-39-28-18-23-25(19-29(28)40-14-2-12-35)36-13-9-26(23)41-27-8-5-21(15-24(27)34)17-31(38)32(10-11-32)30(37)16-20-3-6-22(33)7-4-20/h3-9,13,15,18-19H,2,10-12,14,16-17,35H2,1H3. The van der Waals surface area contributed by atoms with Crippen LogP contribution < -0.4 is 19.9 Å². The van der Waals surface area contributed by atoms with Crippen molar-refractivity contribution in [3.63, 3.8) is 0 Å². The normalized spacial score (nSPS) is 13.6. The van der Waals surface area contributed by atoms with Gasteiger partial charge in [-0.25, -0.2) is 8.78 Å². The fourth-order valence-corrected chi connectivity index (χ4v) is 4.76. The quantitative estimate of drug-likeness (QED) is 0.164. The molecule has 1 aliphatic carbocycles. The van der Waals surface area contributed by atoms with Crippen LogP contribution in [0.5, 0.6) is 23.0 Å². The van der Waals surface area contributed by atoms with E-state index in [0.29, 0.717) is 71.7 Å². The predicted molar refractivity (Wildman–Crippen MR) is 149 cm³/mol. The molecule has 1 fully saturated rings. The van der Waals surface area contributed by atoms with E-state index in [9.17, 15) is 14.0 Å². The molecule has 3 aromatic carbocycles. The summed E-state index contributed by atoms with van der Waals surface area (Å²) in [5, 5.41) is 0.601. The topological polar surface area (TPSA) is 101 Å². The lowest BCUT2D eigenvalue weighted by Crippen LogP contribution is -2.28. The van der Waals surface area contributed by atoms with E-state index in [0.717, 1.165) is 0 Å². The van der Waals surface area contributed by atoms with Crippen LogP contribution in [-0.2, 0) is 22.4 Å². The summed E-state index contributed by atoms with van der Waals surface area (Å²) in [6, 6.07) is 15.1. The van der Waals surface area contributed by atoms with Gasteiger partial charge in [0.25, 0.3) is 0 Å². The molecule has 0 spiro atoms. The molecule has 5 rings (SSSR count). The third-order valence-electron chi connectivity index (χ3n) is 7.27. The minimum Gasteiger partial charge on any atom is -0.493 e. The van der Waals surface area contributed by atoms with Gasteiger partial charge in [-0.15, -0.1) is 0 Å². The smallest absolute Gasteiger partial charge is 0.166 e. The van der Waals surface area contributed by atoms with E-state index in [1.54, 1.807) is 42.6 Å². The number of methoxy groups -OCH3 is 1. The lowest BCUT2D eigenvalue weighted by molar-refractivity contribution is -0.133. The Kier molecular flexibility index (Phi) is 8.26. The summed E-state index contributed by atoms with van der Waals surface area (Å²) in [4.78, 5) is 30.4. The lowest BCUT2D eigenvalue weighted by Gasteiger charge is -2.15. The van der Waals surface area contributed by atoms with Crippen molar-refractivity contribution in [3.8, 4) is 23.0 Å². The number of nitrogens with zero attached hydrogens (tertiary/aromatic N) is 1. The Hall–Kier alpha value is -4.37. The molecule has 2 N–H and O–H groups in total. The average molecular weight is 561 g/mol. The second kappa shape index (κ2) is 12.0. The van der Waals surface area contributed by atoms with Crippen LogP contribution in [0.4, 0.5) is 8.78 Å². The molecule has 0 saturated heterocycles. The highest BCUT2D eigenvalue weighted by molar-refractivity contribution is 6.11. The van der Waals surface area contributed by atoms with Gasteiger partial charge in [0.2, 0.25) is 0 Å². The summed E-state index contributed by atoms with van der Waals surface area (Å²) in [6.07, 6.45) is 3.15. The van der Waals surface area contributed by atoms with E-state index >= 15 is 4.39 Å². The summed E-state index contributed by atoms with van der Waals surface area (Å²) >= 11 is 0. The molecule has 4 aromatic rings. The van der Waals surface area contributed by atoms with Crippen molar-refractivity contribution in [3.05, 3.63) is 89.6 Å². The number of carbonyl (C=O) groups is 2. The number of halogens is 2. The number of Topliss-reactive ketones (excluding diaryl/α,β-unsaturated/α-hetero) is 2. The fourth-order valence-electron chi connectivity index (χ4n) is 4.76. The zero-order valence-electron chi connectivity index (χ0n) is 22.6. The summed E-state index contributed by atoms with van der Waals surface area (Å²) in [5.41, 5.74) is 6.17.